The summed E-state index contributed by atoms with van der Waals surface area (Å²) in [4.78, 5) is 190. The monoisotopic (exact) mass is 1730 g/mol. The standard InChI is InChI=1S/C49H62N8O9.C46H61N5O9/c1-32(58)27-37(59)22-18-33-16-20-36(21-17-33)52-45(62)15-10-14-44(61)50-25-9-5-6-13-43(60)51-26-24-49(2,3)57-30-35-28-34(19-23-38(35)53-41(48(57)66)29-46(63)64)47(65)56(4)31-42-54-39-11-7-8-12-40(39)55-42;1-33(52)28-39(53)19-15-34-13-17-38(18-14-34)50-43(55)12-6-11-42(54)49-24-8-26-59-25-7-21-46(2,3)51-32-37-30-40(60-27-9-23-48-41-10-4-5-22-47-41)20-16-35(37)29-36(45(51)58)31-44(56)57/h7-8,11-12,16-17,19-21,23,28,41,53H,5-6,9-10,13-15,18,22,24-27,29-31H2,1-4H3,(H,50,61)(H,51,60)(H,52,62)(H,54,55)(H,63,64);4-5,10,13-14,16-18,20,22,30,36H,6-9,11-12,15,19,21,23-29,31-32H2,1-3H3,(H,47,48)(H,49,54)(H,50,55)(H,56,57)/t41-;/m0./s1. The highest BCUT2D eigenvalue weighted by Crippen LogP contribution is 2.36. The molecule has 0 radical (unpaired) electrons. The van der Waals surface area contributed by atoms with Crippen LogP contribution in [0.25, 0.3) is 11.0 Å². The lowest BCUT2D eigenvalue weighted by Crippen LogP contribution is -2.52. The molecule has 676 valence electrons. The number of carbonyl (C=O) groups excluding carboxylic acids is 12. The third-order valence-electron chi connectivity index (χ3n) is 21.9. The van der Waals surface area contributed by atoms with Crippen molar-refractivity contribution in [1.82, 2.24) is 45.6 Å². The first-order valence-corrected chi connectivity index (χ1v) is 43.5. The number of pyridine rings is 1. The molecular weight excluding hydrogens is 1610 g/mol. The Morgan fingerprint density at radius 2 is 1.09 bits per heavy atom. The maximum absolute atomic E-state index is 13.9. The molecule has 0 saturated carbocycles. The van der Waals surface area contributed by atoms with E-state index in [1.54, 1.807) is 65.5 Å². The summed E-state index contributed by atoms with van der Waals surface area (Å²) in [6.07, 6.45) is 9.95. The predicted octanol–water partition coefficient (Wildman–Crippen LogP) is 12.0. The van der Waals surface area contributed by atoms with Gasteiger partial charge in [0.2, 0.25) is 41.4 Å². The van der Waals surface area contributed by atoms with E-state index in [0.717, 1.165) is 51.9 Å². The number of amides is 8. The molecule has 5 aromatic carbocycles. The number of hydrogen-bond acceptors (Lipinski definition) is 20. The summed E-state index contributed by atoms with van der Waals surface area (Å²) >= 11 is 0. The van der Waals surface area contributed by atoms with Gasteiger partial charge >= 0.3 is 11.9 Å². The van der Waals surface area contributed by atoms with Crippen molar-refractivity contribution >= 4 is 116 Å². The van der Waals surface area contributed by atoms with Crippen molar-refractivity contribution in [3.63, 3.8) is 0 Å². The molecule has 4 heterocycles. The van der Waals surface area contributed by atoms with E-state index in [1.807, 2.05) is 118 Å². The van der Waals surface area contributed by atoms with E-state index in [1.165, 1.54) is 13.8 Å². The molecule has 7 aromatic rings. The minimum atomic E-state index is -1.13. The number of aryl methyl sites for hydroxylation is 2. The number of aromatic nitrogens is 3. The van der Waals surface area contributed by atoms with Crippen LogP contribution in [-0.2, 0) is 106 Å². The minimum absolute atomic E-state index is 0.0445. The van der Waals surface area contributed by atoms with Crippen LogP contribution in [0.15, 0.2) is 134 Å². The number of Topliss-reactive ketones (excluding diaryl/α,β-unsaturated/α-hetero) is 4. The molecule has 126 heavy (non-hydrogen) atoms. The Labute approximate surface area is 736 Å². The molecule has 0 bridgehead atoms. The van der Waals surface area contributed by atoms with Gasteiger partial charge in [-0.05, 0) is 225 Å². The molecule has 2 aliphatic heterocycles. The fourth-order valence-electron chi connectivity index (χ4n) is 14.8. The minimum Gasteiger partial charge on any atom is -0.494 e. The van der Waals surface area contributed by atoms with Crippen LogP contribution in [-0.4, -0.2) is 192 Å². The van der Waals surface area contributed by atoms with Crippen LogP contribution < -0.4 is 42.0 Å². The summed E-state index contributed by atoms with van der Waals surface area (Å²) < 4.78 is 11.9. The van der Waals surface area contributed by atoms with Crippen molar-refractivity contribution in [2.24, 2.45) is 5.92 Å². The number of carboxylic acids is 2. The molecule has 0 fully saturated rings. The Morgan fingerprint density at radius 1 is 0.532 bits per heavy atom. The van der Waals surface area contributed by atoms with Crippen LogP contribution in [0.3, 0.4) is 0 Å². The molecule has 2 aliphatic rings. The largest absolute Gasteiger partial charge is 0.494 e. The average Bonchev–Trinajstić information content (AvgIpc) is 1.72. The number of aliphatic carboxylic acids is 2. The van der Waals surface area contributed by atoms with Gasteiger partial charge in [-0.3, -0.25) is 67.1 Å². The fourth-order valence-corrected chi connectivity index (χ4v) is 14.8. The summed E-state index contributed by atoms with van der Waals surface area (Å²) in [5, 5.41) is 40.0. The first-order valence-electron chi connectivity index (χ1n) is 43.5. The van der Waals surface area contributed by atoms with Gasteiger partial charge in [-0.25, -0.2) is 9.97 Å². The second kappa shape index (κ2) is 50.4. The van der Waals surface area contributed by atoms with Gasteiger partial charge in [-0.1, -0.05) is 55.0 Å². The number of para-hydroxylation sites is 2. The number of nitrogens with one attached hydrogen (secondary N) is 8. The highest BCUT2D eigenvalue weighted by atomic mass is 16.5. The van der Waals surface area contributed by atoms with E-state index >= 15 is 0 Å². The maximum Gasteiger partial charge on any atom is 0.305 e. The van der Waals surface area contributed by atoms with Crippen LogP contribution in [0, 0.1) is 5.92 Å². The summed E-state index contributed by atoms with van der Waals surface area (Å²) in [5.41, 5.74) is 6.95. The third kappa shape index (κ3) is 34.5. The number of rotatable bonds is 52. The average molecular weight is 1740 g/mol. The fraction of sp³-hybridized carbons (Fsp3) is 0.474. The normalized spacial score (nSPS) is 13.7. The maximum atomic E-state index is 13.9. The van der Waals surface area contributed by atoms with Gasteiger partial charge in [-0.15, -0.1) is 0 Å². The number of hydrogen-bond donors (Lipinski definition) is 10. The van der Waals surface area contributed by atoms with E-state index in [4.69, 9.17) is 9.47 Å². The topological polar surface area (TPSA) is 433 Å². The Morgan fingerprint density at radius 3 is 1.69 bits per heavy atom. The zero-order chi connectivity index (χ0) is 91.1. The Kier molecular flexibility index (Phi) is 39.6. The quantitative estimate of drug-likeness (QED) is 0.0125. The van der Waals surface area contributed by atoms with Crippen LogP contribution in [0.4, 0.5) is 22.9 Å². The van der Waals surface area contributed by atoms with Gasteiger partial charge < -0.3 is 76.6 Å². The third-order valence-corrected chi connectivity index (χ3v) is 21.9. The van der Waals surface area contributed by atoms with Crippen LogP contribution in [0.2, 0.25) is 0 Å². The first-order chi connectivity index (χ1) is 60.2. The number of unbranched alkanes of at least 4 members (excludes halogenated alkanes) is 2. The summed E-state index contributed by atoms with van der Waals surface area (Å²) in [5.74, 6) is -2.77. The highest BCUT2D eigenvalue weighted by Gasteiger charge is 2.41. The van der Waals surface area contributed by atoms with Crippen molar-refractivity contribution in [3.05, 3.63) is 173 Å². The lowest BCUT2D eigenvalue weighted by molar-refractivity contribution is -0.148. The molecule has 31 nitrogen and oxygen atoms in total. The molecule has 31 heteroatoms. The number of nitrogens with zero attached hydrogens (tertiary/aromatic N) is 5. The van der Waals surface area contributed by atoms with Crippen molar-refractivity contribution in [2.75, 3.05) is 74.3 Å². The number of ether oxygens (including phenoxy) is 2. The van der Waals surface area contributed by atoms with Gasteiger partial charge in [0.25, 0.3) is 5.91 Å². The molecule has 0 spiro atoms. The Bertz CT molecular complexity index is 4840. The number of ketones is 4. The van der Waals surface area contributed by atoms with E-state index in [0.29, 0.717) is 163 Å². The highest BCUT2D eigenvalue weighted by molar-refractivity contribution is 5.99. The number of anilines is 4. The van der Waals surface area contributed by atoms with Crippen molar-refractivity contribution in [3.8, 4) is 5.75 Å². The first kappa shape index (κ1) is 98.9. The van der Waals surface area contributed by atoms with Gasteiger partial charge in [0.15, 0.2) is 0 Å². The molecule has 0 aliphatic carbocycles. The van der Waals surface area contributed by atoms with Gasteiger partial charge in [0, 0.05) is 144 Å². The number of aromatic amines is 1. The molecule has 8 amide bonds. The van der Waals surface area contributed by atoms with E-state index in [9.17, 15) is 77.3 Å². The van der Waals surface area contributed by atoms with Crippen LogP contribution in [0.1, 0.15) is 220 Å². The molecular formula is C95H123N13O18. The molecule has 2 aromatic heterocycles. The summed E-state index contributed by atoms with van der Waals surface area (Å²) in [6.45, 7) is 14.6. The van der Waals surface area contributed by atoms with Gasteiger partial charge in [0.05, 0.1) is 55.8 Å². The Balaban J connectivity index is 0.000000313. The summed E-state index contributed by atoms with van der Waals surface area (Å²) in [7, 11) is 1.69. The Hall–Kier alpha value is -12.5. The molecule has 2 atom stereocenters. The zero-order valence-corrected chi connectivity index (χ0v) is 73.6. The second-order valence-electron chi connectivity index (χ2n) is 33.5. The number of carbonyl (C=O) groups is 14. The molecule has 1 unspecified atom stereocenters. The number of benzene rings is 5. The summed E-state index contributed by atoms with van der Waals surface area (Å²) in [6, 6.07) is 37.5. The number of fused-ring (bicyclic) bond motifs is 3. The van der Waals surface area contributed by atoms with Crippen molar-refractivity contribution < 1.29 is 86.8 Å². The second-order valence-corrected chi connectivity index (χ2v) is 33.5. The lowest BCUT2D eigenvalue weighted by atomic mass is 9.92. The predicted molar refractivity (Wildman–Crippen MR) is 478 cm³/mol. The van der Waals surface area contributed by atoms with E-state index < -0.39 is 47.3 Å². The van der Waals surface area contributed by atoms with E-state index in [2.05, 4.69) is 52.2 Å². The van der Waals surface area contributed by atoms with Gasteiger partial charge in [0.1, 0.15) is 46.6 Å². The number of imidazole rings is 1. The smallest absolute Gasteiger partial charge is 0.305 e. The number of H-pyrrole nitrogens is 1. The SMILES string of the molecule is CC(=O)CC(=O)CCc1ccc(NC(=O)CCCC(=O)NCCCCCC(=O)NCCC(C)(C)N2Cc3cc(C(=O)N(C)Cc4nc5ccccc5[nH]4)ccc3N[C@@H](CC(=O)O)C2=O)cc1.CC(=O)CC(=O)CCc1ccc(NC(=O)CCCC(=O)NCCCOCCCC(C)(C)N2Cc3cc(OCCCNc4ccccn4)ccc3CC(CC(=O)O)C2=O)cc1. The van der Waals surface area contributed by atoms with Crippen molar-refractivity contribution in [1.29, 1.82) is 0 Å². The van der Waals surface area contributed by atoms with Gasteiger partial charge in [-0.2, -0.15) is 0 Å². The number of carboxylic acid groups (broad SMARTS) is 2. The van der Waals surface area contributed by atoms with Crippen LogP contribution in [0.5, 0.6) is 5.75 Å². The zero-order valence-electron chi connectivity index (χ0n) is 73.6. The van der Waals surface area contributed by atoms with Crippen molar-refractivity contribution in [2.45, 2.75) is 232 Å². The lowest BCUT2D eigenvalue weighted by Gasteiger charge is -2.39. The van der Waals surface area contributed by atoms with Crippen LogP contribution >= 0.6 is 0 Å². The molecule has 0 saturated heterocycles. The molecule has 9 rings (SSSR count). The molecule has 10 N–H and O–H groups in total. The van der Waals surface area contributed by atoms with E-state index in [-0.39, 0.29) is 142 Å².